The molecule has 0 radical (unpaired) electrons. The van der Waals surface area contributed by atoms with Crippen molar-refractivity contribution in [2.75, 3.05) is 59.4 Å². The molecule has 0 aromatic carbocycles. The van der Waals surface area contributed by atoms with Crippen molar-refractivity contribution in [2.24, 2.45) is 10.9 Å². The fraction of sp³-hybridized carbons (Fsp3) is 0.864. The van der Waals surface area contributed by atoms with Crippen molar-refractivity contribution in [3.63, 3.8) is 0 Å². The van der Waals surface area contributed by atoms with E-state index in [-0.39, 0.29) is 23.8 Å². The highest BCUT2D eigenvalue weighted by atomic mass is 16.2. The summed E-state index contributed by atoms with van der Waals surface area (Å²) in [5.41, 5.74) is 0. The zero-order chi connectivity index (χ0) is 21.3. The second-order valence-electron chi connectivity index (χ2n) is 8.83. The van der Waals surface area contributed by atoms with Gasteiger partial charge in [0.15, 0.2) is 5.96 Å². The first kappa shape index (κ1) is 22.8. The highest BCUT2D eigenvalue weighted by Gasteiger charge is 2.30. The van der Waals surface area contributed by atoms with E-state index < -0.39 is 0 Å². The zero-order valence-electron chi connectivity index (χ0n) is 18.9. The Labute approximate surface area is 181 Å². The third-order valence-corrected chi connectivity index (χ3v) is 6.83. The van der Waals surface area contributed by atoms with E-state index >= 15 is 0 Å². The molecule has 0 aromatic heterocycles. The number of nitrogens with one attached hydrogen (secondary N) is 2. The topological polar surface area (TPSA) is 80.3 Å². The Morgan fingerprint density at radius 1 is 0.867 bits per heavy atom. The van der Waals surface area contributed by atoms with Gasteiger partial charge in [-0.2, -0.15) is 0 Å². The molecule has 2 N–H and O–H groups in total. The minimum Gasteiger partial charge on any atom is -0.354 e. The molecule has 1 atom stereocenters. The van der Waals surface area contributed by atoms with Gasteiger partial charge in [0.2, 0.25) is 11.8 Å². The van der Waals surface area contributed by atoms with Gasteiger partial charge in [0, 0.05) is 65.3 Å². The van der Waals surface area contributed by atoms with Gasteiger partial charge in [-0.25, -0.2) is 0 Å². The van der Waals surface area contributed by atoms with Gasteiger partial charge < -0.3 is 20.4 Å². The van der Waals surface area contributed by atoms with Crippen LogP contribution in [0.5, 0.6) is 0 Å². The number of hydrogen-bond acceptors (Lipinski definition) is 4. The van der Waals surface area contributed by atoms with Crippen molar-refractivity contribution < 1.29 is 9.59 Å². The van der Waals surface area contributed by atoms with Gasteiger partial charge in [-0.1, -0.05) is 19.3 Å². The van der Waals surface area contributed by atoms with Crippen LogP contribution in [0.25, 0.3) is 0 Å². The Bertz CT molecular complexity index is 590. The molecule has 2 amide bonds. The molecule has 8 nitrogen and oxygen atoms in total. The van der Waals surface area contributed by atoms with E-state index in [0.717, 1.165) is 70.9 Å². The fourth-order valence-electron chi connectivity index (χ4n) is 4.88. The molecule has 0 aromatic rings. The Morgan fingerprint density at radius 2 is 1.50 bits per heavy atom. The molecule has 3 rings (SSSR count). The van der Waals surface area contributed by atoms with Gasteiger partial charge in [-0.3, -0.25) is 19.5 Å². The Hall–Kier alpha value is -1.83. The molecular formula is C22H40N6O2. The SMILES string of the molecule is CN=C(NCCNC(=O)C1CCCCC1)N1CCN(C(C)C(=O)N2CCCC2)CC1. The third-order valence-electron chi connectivity index (χ3n) is 6.83. The molecule has 8 heteroatoms. The summed E-state index contributed by atoms with van der Waals surface area (Å²) >= 11 is 0. The summed E-state index contributed by atoms with van der Waals surface area (Å²) in [6, 6.07) is -0.0461. The van der Waals surface area contributed by atoms with Crippen LogP contribution in [-0.4, -0.2) is 97.9 Å². The van der Waals surface area contributed by atoms with Crippen LogP contribution >= 0.6 is 0 Å². The molecule has 1 aliphatic carbocycles. The minimum absolute atomic E-state index is 0.0461. The van der Waals surface area contributed by atoms with Crippen molar-refractivity contribution in [2.45, 2.75) is 57.9 Å². The first-order chi connectivity index (χ1) is 14.6. The first-order valence-electron chi connectivity index (χ1n) is 11.9. The normalized spacial score (nSPS) is 22.8. The summed E-state index contributed by atoms with van der Waals surface area (Å²) in [7, 11) is 1.80. The number of likely N-dealkylation sites (tertiary alicyclic amines) is 1. The number of guanidine groups is 1. The van der Waals surface area contributed by atoms with Crippen molar-refractivity contribution in [3.05, 3.63) is 0 Å². The van der Waals surface area contributed by atoms with E-state index in [4.69, 9.17) is 0 Å². The van der Waals surface area contributed by atoms with Crippen LogP contribution in [0, 0.1) is 5.92 Å². The number of carbonyl (C=O) groups is 2. The van der Waals surface area contributed by atoms with Gasteiger partial charge in [0.25, 0.3) is 0 Å². The Morgan fingerprint density at radius 3 is 2.13 bits per heavy atom. The van der Waals surface area contributed by atoms with Gasteiger partial charge in [-0.05, 0) is 32.6 Å². The summed E-state index contributed by atoms with van der Waals surface area (Å²) in [4.78, 5) is 35.9. The summed E-state index contributed by atoms with van der Waals surface area (Å²) in [5.74, 6) is 1.56. The number of nitrogens with zero attached hydrogens (tertiary/aromatic N) is 4. The quantitative estimate of drug-likeness (QED) is 0.379. The lowest BCUT2D eigenvalue weighted by Gasteiger charge is -2.39. The zero-order valence-corrected chi connectivity index (χ0v) is 18.9. The maximum atomic E-state index is 12.7. The van der Waals surface area contributed by atoms with Crippen LogP contribution in [0.3, 0.4) is 0 Å². The van der Waals surface area contributed by atoms with E-state index in [1.54, 1.807) is 7.05 Å². The van der Waals surface area contributed by atoms with Crippen LogP contribution < -0.4 is 10.6 Å². The van der Waals surface area contributed by atoms with Crippen LogP contribution in [0.15, 0.2) is 4.99 Å². The largest absolute Gasteiger partial charge is 0.354 e. The first-order valence-corrected chi connectivity index (χ1v) is 11.9. The van der Waals surface area contributed by atoms with Crippen molar-refractivity contribution in [1.29, 1.82) is 0 Å². The highest BCUT2D eigenvalue weighted by molar-refractivity contribution is 5.82. The smallest absolute Gasteiger partial charge is 0.239 e. The van der Waals surface area contributed by atoms with Gasteiger partial charge in [-0.15, -0.1) is 0 Å². The lowest BCUT2D eigenvalue weighted by atomic mass is 9.89. The van der Waals surface area contributed by atoms with Crippen molar-refractivity contribution >= 4 is 17.8 Å². The minimum atomic E-state index is -0.0461. The van der Waals surface area contributed by atoms with Gasteiger partial charge >= 0.3 is 0 Å². The molecule has 30 heavy (non-hydrogen) atoms. The molecule has 0 spiro atoms. The monoisotopic (exact) mass is 420 g/mol. The maximum absolute atomic E-state index is 12.7. The second-order valence-corrected chi connectivity index (χ2v) is 8.83. The number of amides is 2. The molecule has 3 aliphatic rings. The maximum Gasteiger partial charge on any atom is 0.239 e. The number of carbonyl (C=O) groups excluding carboxylic acids is 2. The van der Waals surface area contributed by atoms with E-state index in [1.165, 1.54) is 19.3 Å². The van der Waals surface area contributed by atoms with Crippen molar-refractivity contribution in [1.82, 2.24) is 25.3 Å². The van der Waals surface area contributed by atoms with Crippen LogP contribution in [0.1, 0.15) is 51.9 Å². The van der Waals surface area contributed by atoms with E-state index in [9.17, 15) is 9.59 Å². The number of rotatable bonds is 6. The molecule has 2 heterocycles. The molecular weight excluding hydrogens is 380 g/mol. The van der Waals surface area contributed by atoms with Crippen LogP contribution in [0.2, 0.25) is 0 Å². The fourth-order valence-corrected chi connectivity index (χ4v) is 4.88. The standard InChI is InChI=1S/C22H40N6O2/c1-18(21(30)27-12-6-7-13-27)26-14-16-28(17-15-26)22(23-2)25-11-10-24-20(29)19-8-4-3-5-9-19/h18-19H,3-17H2,1-2H3,(H,23,25)(H,24,29). The summed E-state index contributed by atoms with van der Waals surface area (Å²) in [6.45, 7) is 8.59. The summed E-state index contributed by atoms with van der Waals surface area (Å²) < 4.78 is 0. The average molecular weight is 421 g/mol. The third kappa shape index (κ3) is 6.09. The summed E-state index contributed by atoms with van der Waals surface area (Å²) in [5, 5.41) is 6.45. The van der Waals surface area contributed by atoms with Crippen LogP contribution in [0.4, 0.5) is 0 Å². The predicted molar refractivity (Wildman–Crippen MR) is 119 cm³/mol. The number of hydrogen-bond donors (Lipinski definition) is 2. The molecule has 3 fully saturated rings. The summed E-state index contributed by atoms with van der Waals surface area (Å²) in [6.07, 6.45) is 7.95. The predicted octanol–water partition coefficient (Wildman–Crippen LogP) is 0.887. The molecule has 170 valence electrons. The highest BCUT2D eigenvalue weighted by Crippen LogP contribution is 2.23. The lowest BCUT2D eigenvalue weighted by molar-refractivity contribution is -0.135. The molecule has 0 bridgehead atoms. The van der Waals surface area contributed by atoms with Gasteiger partial charge in [0.05, 0.1) is 6.04 Å². The molecule has 1 unspecified atom stereocenters. The average Bonchev–Trinajstić information content (AvgIpc) is 3.34. The molecule has 2 aliphatic heterocycles. The Balaban J connectivity index is 1.35. The second kappa shape index (κ2) is 11.5. The number of piperazine rings is 1. The molecule has 1 saturated carbocycles. The van der Waals surface area contributed by atoms with Crippen molar-refractivity contribution in [3.8, 4) is 0 Å². The Kier molecular flexibility index (Phi) is 8.78. The van der Waals surface area contributed by atoms with Crippen LogP contribution in [-0.2, 0) is 9.59 Å². The van der Waals surface area contributed by atoms with Gasteiger partial charge in [0.1, 0.15) is 0 Å². The number of aliphatic imine (C=N–C) groups is 1. The van der Waals surface area contributed by atoms with E-state index in [1.807, 2.05) is 11.8 Å². The van der Waals surface area contributed by atoms with E-state index in [2.05, 4.69) is 25.4 Å². The van der Waals surface area contributed by atoms with E-state index in [0.29, 0.717) is 13.1 Å². The lowest BCUT2D eigenvalue weighted by Crippen LogP contribution is -2.57. The molecule has 2 saturated heterocycles.